The third-order valence-corrected chi connectivity index (χ3v) is 8.33. The molecule has 7 nitrogen and oxygen atoms in total. The number of benzene rings is 2. The lowest BCUT2D eigenvalue weighted by Crippen LogP contribution is -2.37. The lowest BCUT2D eigenvalue weighted by molar-refractivity contribution is -0.113. The summed E-state index contributed by atoms with van der Waals surface area (Å²) in [5, 5.41) is 2.96. The maximum Gasteiger partial charge on any atom is 0.243 e. The number of thioether (sulfide) groups is 1. The molecule has 3 rings (SSSR count). The predicted octanol–water partition coefficient (Wildman–Crippen LogP) is 3.43. The SMILES string of the molecule is CCN(CC)S(=O)(=O)c1ccc(N2CCOCC2)c(NC(=O)CSCc2ccccc2)c1. The minimum absolute atomic E-state index is 0.155. The Morgan fingerprint density at radius 1 is 1.09 bits per heavy atom. The van der Waals surface area contributed by atoms with Crippen LogP contribution in [0.3, 0.4) is 0 Å². The first-order valence-corrected chi connectivity index (χ1v) is 13.4. The summed E-state index contributed by atoms with van der Waals surface area (Å²) in [5.74, 6) is 0.864. The minimum Gasteiger partial charge on any atom is -0.378 e. The fourth-order valence-electron chi connectivity index (χ4n) is 3.59. The zero-order chi connectivity index (χ0) is 23.0. The van der Waals surface area contributed by atoms with Gasteiger partial charge in [-0.15, -0.1) is 11.8 Å². The standard InChI is InChI=1S/C23H31N3O4S2/c1-3-26(4-2)32(28,29)20-10-11-22(25-12-14-30-15-13-25)21(16-20)24-23(27)18-31-17-19-8-6-5-7-9-19/h5-11,16H,3-4,12-15,17-18H2,1-2H3,(H,24,27). The van der Waals surface area contributed by atoms with Gasteiger partial charge in [0.05, 0.1) is 35.2 Å². The van der Waals surface area contributed by atoms with Gasteiger partial charge in [0.1, 0.15) is 0 Å². The number of ether oxygens (including phenoxy) is 1. The first kappa shape index (κ1) is 24.6. The molecule has 1 N–H and O–H groups in total. The number of carbonyl (C=O) groups excluding carboxylic acids is 1. The first-order valence-electron chi connectivity index (χ1n) is 10.8. The number of hydrogen-bond donors (Lipinski definition) is 1. The molecule has 1 heterocycles. The Morgan fingerprint density at radius 2 is 1.78 bits per heavy atom. The molecule has 2 aromatic rings. The van der Waals surface area contributed by atoms with Gasteiger partial charge in [0, 0.05) is 31.9 Å². The molecular formula is C23H31N3O4S2. The summed E-state index contributed by atoms with van der Waals surface area (Å²) in [6, 6.07) is 15.0. The summed E-state index contributed by atoms with van der Waals surface area (Å²) in [6.45, 7) is 6.98. The number of rotatable bonds is 10. The van der Waals surface area contributed by atoms with Gasteiger partial charge in [-0.3, -0.25) is 4.79 Å². The van der Waals surface area contributed by atoms with Gasteiger partial charge in [-0.1, -0.05) is 44.2 Å². The molecule has 1 amide bonds. The molecule has 0 bridgehead atoms. The van der Waals surface area contributed by atoms with E-state index in [1.807, 2.05) is 44.2 Å². The summed E-state index contributed by atoms with van der Waals surface area (Å²) in [7, 11) is -3.63. The number of carbonyl (C=O) groups is 1. The molecule has 0 spiro atoms. The molecule has 1 fully saturated rings. The van der Waals surface area contributed by atoms with E-state index in [-0.39, 0.29) is 16.6 Å². The zero-order valence-electron chi connectivity index (χ0n) is 18.6. The molecule has 1 aliphatic heterocycles. The van der Waals surface area contributed by atoms with E-state index in [0.29, 0.717) is 45.1 Å². The van der Waals surface area contributed by atoms with Crippen LogP contribution in [0.2, 0.25) is 0 Å². The van der Waals surface area contributed by atoms with Crippen LogP contribution in [0, 0.1) is 0 Å². The van der Waals surface area contributed by atoms with Gasteiger partial charge in [-0.25, -0.2) is 8.42 Å². The normalized spacial score (nSPS) is 14.5. The van der Waals surface area contributed by atoms with Crippen molar-refractivity contribution in [1.29, 1.82) is 0 Å². The molecule has 174 valence electrons. The van der Waals surface area contributed by atoms with Crippen molar-refractivity contribution in [1.82, 2.24) is 4.31 Å². The van der Waals surface area contributed by atoms with Crippen LogP contribution >= 0.6 is 11.8 Å². The largest absolute Gasteiger partial charge is 0.378 e. The van der Waals surface area contributed by atoms with Crippen LogP contribution in [0.25, 0.3) is 0 Å². The van der Waals surface area contributed by atoms with Crippen LogP contribution in [0.15, 0.2) is 53.4 Å². The molecule has 32 heavy (non-hydrogen) atoms. The molecule has 2 aromatic carbocycles. The highest BCUT2D eigenvalue weighted by molar-refractivity contribution is 7.99. The Labute approximate surface area is 195 Å². The fourth-order valence-corrected chi connectivity index (χ4v) is 5.86. The van der Waals surface area contributed by atoms with Crippen molar-refractivity contribution in [3.63, 3.8) is 0 Å². The minimum atomic E-state index is -3.63. The van der Waals surface area contributed by atoms with E-state index in [1.165, 1.54) is 16.1 Å². The quantitative estimate of drug-likeness (QED) is 0.565. The Hall–Kier alpha value is -2.07. The number of sulfonamides is 1. The number of nitrogens with zero attached hydrogens (tertiary/aromatic N) is 2. The summed E-state index contributed by atoms with van der Waals surface area (Å²) in [5.41, 5.74) is 2.49. The summed E-state index contributed by atoms with van der Waals surface area (Å²) >= 11 is 1.52. The molecule has 1 saturated heterocycles. The van der Waals surface area contributed by atoms with Gasteiger partial charge >= 0.3 is 0 Å². The second-order valence-corrected chi connectivity index (χ2v) is 10.3. The van der Waals surface area contributed by atoms with Crippen molar-refractivity contribution in [2.75, 3.05) is 55.4 Å². The highest BCUT2D eigenvalue weighted by atomic mass is 32.2. The second kappa shape index (κ2) is 11.7. The van der Waals surface area contributed by atoms with Crippen LogP contribution < -0.4 is 10.2 Å². The predicted molar refractivity (Wildman–Crippen MR) is 131 cm³/mol. The molecule has 0 radical (unpaired) electrons. The van der Waals surface area contributed by atoms with Gasteiger partial charge in [0.25, 0.3) is 0 Å². The van der Waals surface area contributed by atoms with E-state index >= 15 is 0 Å². The monoisotopic (exact) mass is 477 g/mol. The van der Waals surface area contributed by atoms with Crippen molar-refractivity contribution in [3.05, 3.63) is 54.1 Å². The number of hydrogen-bond acceptors (Lipinski definition) is 6. The van der Waals surface area contributed by atoms with E-state index in [1.54, 1.807) is 18.2 Å². The number of amides is 1. The average molecular weight is 478 g/mol. The molecule has 0 aliphatic carbocycles. The molecular weight excluding hydrogens is 446 g/mol. The van der Waals surface area contributed by atoms with Crippen LogP contribution in [0.4, 0.5) is 11.4 Å². The lowest BCUT2D eigenvalue weighted by atomic mass is 10.2. The molecule has 9 heteroatoms. The molecule has 0 atom stereocenters. The van der Waals surface area contributed by atoms with E-state index in [2.05, 4.69) is 10.2 Å². The summed E-state index contributed by atoms with van der Waals surface area (Å²) in [4.78, 5) is 15.0. The third-order valence-electron chi connectivity index (χ3n) is 5.28. The molecule has 0 aromatic heterocycles. The fraction of sp³-hybridized carbons (Fsp3) is 0.435. The Balaban J connectivity index is 1.79. The smallest absolute Gasteiger partial charge is 0.243 e. The van der Waals surface area contributed by atoms with Crippen molar-refractivity contribution in [2.24, 2.45) is 0 Å². The van der Waals surface area contributed by atoms with Crippen molar-refractivity contribution in [2.45, 2.75) is 24.5 Å². The van der Waals surface area contributed by atoms with E-state index in [4.69, 9.17) is 4.74 Å². The first-order chi connectivity index (χ1) is 15.5. The van der Waals surface area contributed by atoms with E-state index in [0.717, 1.165) is 17.0 Å². The Kier molecular flexibility index (Phi) is 8.98. The van der Waals surface area contributed by atoms with E-state index in [9.17, 15) is 13.2 Å². The lowest BCUT2D eigenvalue weighted by Gasteiger charge is -2.31. The van der Waals surface area contributed by atoms with Gasteiger partial charge in [0.15, 0.2) is 0 Å². The average Bonchev–Trinajstić information content (AvgIpc) is 2.81. The molecule has 1 aliphatic rings. The van der Waals surface area contributed by atoms with Crippen LogP contribution in [0.1, 0.15) is 19.4 Å². The van der Waals surface area contributed by atoms with Crippen molar-refractivity contribution < 1.29 is 17.9 Å². The topological polar surface area (TPSA) is 79.0 Å². The van der Waals surface area contributed by atoms with Crippen LogP contribution in [0.5, 0.6) is 0 Å². The Bertz CT molecular complexity index is 990. The summed E-state index contributed by atoms with van der Waals surface area (Å²) < 4.78 is 32.9. The zero-order valence-corrected chi connectivity index (χ0v) is 20.3. The molecule has 0 unspecified atom stereocenters. The summed E-state index contributed by atoms with van der Waals surface area (Å²) in [6.07, 6.45) is 0. The number of anilines is 2. The highest BCUT2D eigenvalue weighted by Gasteiger charge is 2.24. The Morgan fingerprint density at radius 3 is 2.44 bits per heavy atom. The van der Waals surface area contributed by atoms with Crippen LogP contribution in [-0.4, -0.2) is 63.8 Å². The maximum absolute atomic E-state index is 13.0. The van der Waals surface area contributed by atoms with Gasteiger partial charge in [0.2, 0.25) is 15.9 Å². The number of morpholine rings is 1. The van der Waals surface area contributed by atoms with Crippen LogP contribution in [-0.2, 0) is 25.3 Å². The van der Waals surface area contributed by atoms with Crippen molar-refractivity contribution in [3.8, 4) is 0 Å². The van der Waals surface area contributed by atoms with Gasteiger partial charge < -0.3 is 15.0 Å². The highest BCUT2D eigenvalue weighted by Crippen LogP contribution is 2.31. The maximum atomic E-state index is 13.0. The van der Waals surface area contributed by atoms with E-state index < -0.39 is 10.0 Å². The second-order valence-electron chi connectivity index (χ2n) is 7.39. The van der Waals surface area contributed by atoms with Crippen molar-refractivity contribution >= 4 is 39.1 Å². The van der Waals surface area contributed by atoms with Gasteiger partial charge in [-0.05, 0) is 23.8 Å². The molecule has 0 saturated carbocycles. The number of nitrogens with one attached hydrogen (secondary N) is 1. The van der Waals surface area contributed by atoms with Gasteiger partial charge in [-0.2, -0.15) is 4.31 Å². The third kappa shape index (κ3) is 6.25.